The number of sulfonamides is 1. The Kier molecular flexibility index (Phi) is 6.25. The van der Waals surface area contributed by atoms with Gasteiger partial charge in [0.1, 0.15) is 0 Å². The first-order valence-electron chi connectivity index (χ1n) is 9.39. The molecule has 0 aromatic heterocycles. The van der Waals surface area contributed by atoms with Crippen molar-refractivity contribution in [2.75, 3.05) is 7.05 Å². The average molecular weight is 421 g/mol. The SMILES string of the molecule is CN(C1CC2CCC(C1)N2)S(=O)(=O)c1ccccc1C(=O)c1ccccc1.Cl. The van der Waals surface area contributed by atoms with Gasteiger partial charge in [0, 0.05) is 36.3 Å². The Morgan fingerprint density at radius 2 is 1.54 bits per heavy atom. The number of hydrogen-bond donors (Lipinski definition) is 1. The first-order chi connectivity index (χ1) is 13.0. The van der Waals surface area contributed by atoms with Crippen LogP contribution in [0.1, 0.15) is 41.6 Å². The number of halogens is 1. The topological polar surface area (TPSA) is 66.5 Å². The van der Waals surface area contributed by atoms with Gasteiger partial charge in [-0.05, 0) is 37.8 Å². The highest BCUT2D eigenvalue weighted by atomic mass is 35.5. The predicted octanol–water partition coefficient (Wildman–Crippen LogP) is 3.24. The lowest BCUT2D eigenvalue weighted by Gasteiger charge is -2.35. The zero-order valence-electron chi connectivity index (χ0n) is 15.7. The van der Waals surface area contributed by atoms with Crippen molar-refractivity contribution in [3.63, 3.8) is 0 Å². The van der Waals surface area contributed by atoms with Crippen molar-refractivity contribution < 1.29 is 13.2 Å². The summed E-state index contributed by atoms with van der Waals surface area (Å²) in [6, 6.07) is 16.1. The molecule has 2 heterocycles. The molecule has 2 aromatic carbocycles. The lowest BCUT2D eigenvalue weighted by molar-refractivity contribution is 0.103. The molecule has 2 atom stereocenters. The van der Waals surface area contributed by atoms with Gasteiger partial charge in [0.05, 0.1) is 4.90 Å². The predicted molar refractivity (Wildman–Crippen MR) is 111 cm³/mol. The van der Waals surface area contributed by atoms with E-state index in [1.807, 2.05) is 6.07 Å². The van der Waals surface area contributed by atoms with E-state index in [1.165, 1.54) is 10.4 Å². The third-order valence-electron chi connectivity index (χ3n) is 5.79. The molecule has 2 bridgehead atoms. The molecule has 0 spiro atoms. The minimum Gasteiger partial charge on any atom is -0.311 e. The van der Waals surface area contributed by atoms with Crippen molar-refractivity contribution in [1.82, 2.24) is 9.62 Å². The Labute approximate surface area is 172 Å². The molecule has 2 aromatic rings. The van der Waals surface area contributed by atoms with Crippen LogP contribution >= 0.6 is 12.4 Å². The molecule has 2 fully saturated rings. The van der Waals surface area contributed by atoms with E-state index in [0.29, 0.717) is 17.6 Å². The van der Waals surface area contributed by atoms with E-state index >= 15 is 0 Å². The monoisotopic (exact) mass is 420 g/mol. The van der Waals surface area contributed by atoms with Crippen molar-refractivity contribution in [3.8, 4) is 0 Å². The second-order valence-electron chi connectivity index (χ2n) is 7.48. The Bertz CT molecular complexity index is 937. The molecule has 0 radical (unpaired) electrons. The van der Waals surface area contributed by atoms with Gasteiger partial charge in [0.2, 0.25) is 10.0 Å². The lowest BCUT2D eigenvalue weighted by atomic mass is 10.0. The van der Waals surface area contributed by atoms with Gasteiger partial charge < -0.3 is 5.32 Å². The van der Waals surface area contributed by atoms with Crippen LogP contribution in [-0.2, 0) is 10.0 Å². The maximum atomic E-state index is 13.4. The Morgan fingerprint density at radius 3 is 2.18 bits per heavy atom. The molecule has 2 aliphatic rings. The van der Waals surface area contributed by atoms with Crippen LogP contribution in [-0.4, -0.2) is 43.7 Å². The summed E-state index contributed by atoms with van der Waals surface area (Å²) in [5.41, 5.74) is 0.718. The van der Waals surface area contributed by atoms with E-state index in [9.17, 15) is 13.2 Å². The maximum absolute atomic E-state index is 13.4. The van der Waals surface area contributed by atoms with Crippen LogP contribution in [0.15, 0.2) is 59.5 Å². The van der Waals surface area contributed by atoms with Gasteiger partial charge in [0.15, 0.2) is 5.78 Å². The van der Waals surface area contributed by atoms with E-state index in [4.69, 9.17) is 0 Å². The van der Waals surface area contributed by atoms with Gasteiger partial charge in [-0.3, -0.25) is 4.79 Å². The minimum atomic E-state index is -3.76. The number of fused-ring (bicyclic) bond motifs is 2. The molecule has 7 heteroatoms. The number of piperidine rings is 1. The van der Waals surface area contributed by atoms with Crippen LogP contribution in [0.4, 0.5) is 0 Å². The fraction of sp³-hybridized carbons (Fsp3) is 0.381. The average Bonchev–Trinajstić information content (AvgIpc) is 3.05. The van der Waals surface area contributed by atoms with Gasteiger partial charge in [-0.15, -0.1) is 12.4 Å². The molecule has 0 aliphatic carbocycles. The number of rotatable bonds is 5. The normalized spacial score (nSPS) is 24.0. The molecule has 2 saturated heterocycles. The van der Waals surface area contributed by atoms with E-state index in [2.05, 4.69) is 5.32 Å². The first-order valence-corrected chi connectivity index (χ1v) is 10.8. The van der Waals surface area contributed by atoms with Crippen LogP contribution in [0.2, 0.25) is 0 Å². The number of benzene rings is 2. The lowest BCUT2D eigenvalue weighted by Crippen LogP contribution is -2.48. The summed E-state index contributed by atoms with van der Waals surface area (Å²) in [6.07, 6.45) is 3.86. The van der Waals surface area contributed by atoms with E-state index in [0.717, 1.165) is 25.7 Å². The molecule has 2 unspecified atom stereocenters. The second kappa shape index (κ2) is 8.33. The highest BCUT2D eigenvalue weighted by Gasteiger charge is 2.39. The fourth-order valence-corrected chi connectivity index (χ4v) is 5.86. The highest BCUT2D eigenvalue weighted by molar-refractivity contribution is 7.89. The minimum absolute atomic E-state index is 0. The van der Waals surface area contributed by atoms with Crippen molar-refractivity contribution in [1.29, 1.82) is 0 Å². The zero-order chi connectivity index (χ0) is 19.0. The van der Waals surface area contributed by atoms with Gasteiger partial charge in [-0.2, -0.15) is 4.31 Å². The number of ketones is 1. The van der Waals surface area contributed by atoms with Crippen molar-refractivity contribution in [2.45, 2.75) is 48.7 Å². The molecule has 150 valence electrons. The largest absolute Gasteiger partial charge is 0.311 e. The Morgan fingerprint density at radius 1 is 0.964 bits per heavy atom. The third kappa shape index (κ3) is 3.87. The van der Waals surface area contributed by atoms with E-state index in [1.54, 1.807) is 49.5 Å². The second-order valence-corrected chi connectivity index (χ2v) is 9.44. The standard InChI is InChI=1S/C21H24N2O3S.ClH/c1-23(18-13-16-11-12-17(14-18)22-16)27(25,26)20-10-6-5-9-19(20)21(24)15-7-3-2-4-8-15;/h2-10,16-18,22H,11-14H2,1H3;1H. The maximum Gasteiger partial charge on any atom is 0.243 e. The van der Waals surface area contributed by atoms with Crippen LogP contribution in [0.25, 0.3) is 0 Å². The summed E-state index contributed by atoms with van der Waals surface area (Å²) in [7, 11) is -2.11. The van der Waals surface area contributed by atoms with E-state index < -0.39 is 10.0 Å². The summed E-state index contributed by atoms with van der Waals surface area (Å²) < 4.78 is 28.2. The van der Waals surface area contributed by atoms with Crippen molar-refractivity contribution in [2.24, 2.45) is 0 Å². The molecule has 4 rings (SSSR count). The zero-order valence-corrected chi connectivity index (χ0v) is 17.4. The summed E-state index contributed by atoms with van der Waals surface area (Å²) in [6.45, 7) is 0. The Balaban J connectivity index is 0.00000225. The summed E-state index contributed by atoms with van der Waals surface area (Å²) >= 11 is 0. The van der Waals surface area contributed by atoms with Crippen LogP contribution in [0.3, 0.4) is 0 Å². The molecular weight excluding hydrogens is 396 g/mol. The quantitative estimate of drug-likeness (QED) is 0.754. The number of hydrogen-bond acceptors (Lipinski definition) is 4. The van der Waals surface area contributed by atoms with Gasteiger partial charge >= 0.3 is 0 Å². The number of nitrogens with zero attached hydrogens (tertiary/aromatic N) is 1. The fourth-order valence-electron chi connectivity index (χ4n) is 4.30. The summed E-state index contributed by atoms with van der Waals surface area (Å²) in [5.74, 6) is -0.270. The van der Waals surface area contributed by atoms with Gasteiger partial charge in [0.25, 0.3) is 0 Å². The highest BCUT2D eigenvalue weighted by Crippen LogP contribution is 2.32. The van der Waals surface area contributed by atoms with Crippen LogP contribution in [0, 0.1) is 0 Å². The van der Waals surface area contributed by atoms with Crippen molar-refractivity contribution >= 4 is 28.2 Å². The van der Waals surface area contributed by atoms with Gasteiger partial charge in [-0.25, -0.2) is 8.42 Å². The number of carbonyl (C=O) groups is 1. The molecule has 2 aliphatic heterocycles. The molecule has 28 heavy (non-hydrogen) atoms. The number of nitrogens with one attached hydrogen (secondary N) is 1. The molecular formula is C21H25ClN2O3S. The molecule has 5 nitrogen and oxygen atoms in total. The smallest absolute Gasteiger partial charge is 0.243 e. The molecule has 1 N–H and O–H groups in total. The van der Waals surface area contributed by atoms with Gasteiger partial charge in [-0.1, -0.05) is 42.5 Å². The number of carbonyl (C=O) groups excluding carboxylic acids is 1. The molecule has 0 saturated carbocycles. The summed E-state index contributed by atoms with van der Waals surface area (Å²) in [4.78, 5) is 13.0. The summed E-state index contributed by atoms with van der Waals surface area (Å²) in [5, 5.41) is 3.54. The van der Waals surface area contributed by atoms with Crippen molar-refractivity contribution in [3.05, 3.63) is 65.7 Å². The third-order valence-corrected chi connectivity index (χ3v) is 7.76. The first kappa shape index (κ1) is 21.0. The Hall–Kier alpha value is -1.73. The van der Waals surface area contributed by atoms with Crippen LogP contribution in [0.5, 0.6) is 0 Å². The van der Waals surface area contributed by atoms with Crippen LogP contribution < -0.4 is 5.32 Å². The van der Waals surface area contributed by atoms with E-state index in [-0.39, 0.29) is 34.7 Å². The molecule has 0 amide bonds.